The molecular weight excluding hydrogens is 474 g/mol. The van der Waals surface area contributed by atoms with Gasteiger partial charge in [-0.25, -0.2) is 4.79 Å². The van der Waals surface area contributed by atoms with Crippen molar-refractivity contribution in [3.63, 3.8) is 0 Å². The van der Waals surface area contributed by atoms with Crippen LogP contribution in [-0.2, 0) is 19.2 Å². The molecule has 0 aromatic rings. The number of nitrogens with zero attached hydrogens (tertiary/aromatic N) is 2. The van der Waals surface area contributed by atoms with E-state index < -0.39 is 24.2 Å². The molecule has 0 spiro atoms. The zero-order valence-corrected chi connectivity index (χ0v) is 21.1. The second-order valence-electron chi connectivity index (χ2n) is 10.2. The average molecular weight is 510 g/mol. The van der Waals surface area contributed by atoms with Gasteiger partial charge in [0.2, 0.25) is 11.8 Å². The summed E-state index contributed by atoms with van der Waals surface area (Å²) in [6.07, 6.45) is 0.0644. The van der Waals surface area contributed by atoms with E-state index in [1.807, 2.05) is 13.8 Å². The van der Waals surface area contributed by atoms with E-state index in [0.717, 1.165) is 0 Å². The Labute approximate surface area is 208 Å². The number of β-lactam (4-membered cyclic amide) rings is 1. The molecule has 6 N–H and O–H groups in total. The molecule has 4 rings (SSSR count). The minimum Gasteiger partial charge on any atom is -0.477 e. The smallest absolute Gasteiger partial charge is 0.353 e. The molecule has 4 heterocycles. The van der Waals surface area contributed by atoms with E-state index in [9.17, 15) is 29.4 Å². The van der Waals surface area contributed by atoms with Gasteiger partial charge in [0.15, 0.2) is 0 Å². The van der Waals surface area contributed by atoms with Gasteiger partial charge in [-0.1, -0.05) is 13.8 Å². The number of carboxylic acid groups (broad SMARTS) is 1. The molecule has 0 bridgehead atoms. The van der Waals surface area contributed by atoms with Crippen LogP contribution in [0.15, 0.2) is 10.6 Å². The number of nitrogens with one attached hydrogen (secondary N) is 2. The highest BCUT2D eigenvalue weighted by Crippen LogP contribution is 2.53. The van der Waals surface area contributed by atoms with Gasteiger partial charge in [0.25, 0.3) is 0 Å². The van der Waals surface area contributed by atoms with Gasteiger partial charge in [-0.3, -0.25) is 14.4 Å². The molecule has 4 aliphatic heterocycles. The largest absolute Gasteiger partial charge is 0.477 e. The number of carbonyl (C=O) groups excluding carboxylic acids is 3. The normalized spacial score (nSPS) is 35.3. The van der Waals surface area contributed by atoms with E-state index in [4.69, 9.17) is 5.73 Å². The highest BCUT2D eigenvalue weighted by atomic mass is 32.2. The van der Waals surface area contributed by atoms with E-state index in [1.54, 1.807) is 11.9 Å². The van der Waals surface area contributed by atoms with Crippen LogP contribution < -0.4 is 16.4 Å². The summed E-state index contributed by atoms with van der Waals surface area (Å²) in [4.78, 5) is 53.8. The van der Waals surface area contributed by atoms with Gasteiger partial charge in [-0.15, -0.1) is 11.8 Å². The van der Waals surface area contributed by atoms with Crippen molar-refractivity contribution in [2.75, 3.05) is 33.2 Å². The number of Topliss-reactive ketones (excluding diaryl/α,β-unsaturated/α-hetero) is 1. The summed E-state index contributed by atoms with van der Waals surface area (Å²) < 4.78 is 0. The summed E-state index contributed by atoms with van der Waals surface area (Å²) in [5.74, 6) is -2.18. The third kappa shape index (κ3) is 4.74. The monoisotopic (exact) mass is 509 g/mol. The van der Waals surface area contributed by atoms with Crippen molar-refractivity contribution in [3.8, 4) is 0 Å². The van der Waals surface area contributed by atoms with Crippen LogP contribution in [0.2, 0.25) is 0 Å². The van der Waals surface area contributed by atoms with E-state index in [0.29, 0.717) is 24.4 Å². The number of aliphatic carboxylic acids is 1. The Hall–Kier alpha value is -1.99. The number of amides is 2. The number of likely N-dealkylation sites (tertiary alicyclic amines) is 1. The predicted octanol–water partition coefficient (Wildman–Crippen LogP) is -1.43. The number of rotatable bonds is 9. The van der Waals surface area contributed by atoms with Crippen molar-refractivity contribution < 1.29 is 29.4 Å². The van der Waals surface area contributed by atoms with E-state index in [-0.39, 0.29) is 71.9 Å². The van der Waals surface area contributed by atoms with Gasteiger partial charge in [0, 0.05) is 48.2 Å². The molecule has 4 aliphatic rings. The highest BCUT2D eigenvalue weighted by Gasteiger charge is 2.60. The number of ketones is 1. The molecule has 11 nitrogen and oxygen atoms in total. The van der Waals surface area contributed by atoms with Crippen LogP contribution in [-0.4, -0.2) is 106 Å². The predicted molar refractivity (Wildman–Crippen MR) is 129 cm³/mol. The zero-order valence-electron chi connectivity index (χ0n) is 20.3. The number of likely N-dealkylation sites (N-methyl/N-ethyl adjacent to an activating group) is 1. The Morgan fingerprint density at radius 1 is 1.31 bits per heavy atom. The Balaban J connectivity index is 1.43. The fourth-order valence-electron chi connectivity index (χ4n) is 5.90. The van der Waals surface area contributed by atoms with Crippen LogP contribution in [0.25, 0.3) is 0 Å². The summed E-state index contributed by atoms with van der Waals surface area (Å²) in [6.45, 7) is 5.13. The molecule has 8 atom stereocenters. The molecule has 194 valence electrons. The summed E-state index contributed by atoms with van der Waals surface area (Å²) in [6, 6.07) is -1.13. The quantitative estimate of drug-likeness (QED) is 0.233. The summed E-state index contributed by atoms with van der Waals surface area (Å²) in [5.41, 5.74) is 5.87. The number of aliphatic hydroxyl groups excluding tert-OH is 1. The van der Waals surface area contributed by atoms with E-state index in [1.165, 1.54) is 16.7 Å². The fraction of sp³-hybridized carbons (Fsp3) is 0.739. The lowest BCUT2D eigenvalue weighted by atomic mass is 9.73. The van der Waals surface area contributed by atoms with Crippen molar-refractivity contribution >= 4 is 35.3 Å². The molecule has 0 aromatic heterocycles. The van der Waals surface area contributed by atoms with Gasteiger partial charge in [0.1, 0.15) is 11.5 Å². The van der Waals surface area contributed by atoms with Crippen LogP contribution in [0, 0.1) is 17.8 Å². The summed E-state index contributed by atoms with van der Waals surface area (Å²) in [7, 11) is 1.70. The van der Waals surface area contributed by atoms with Crippen molar-refractivity contribution in [2.45, 2.75) is 56.2 Å². The number of thioether (sulfide) groups is 1. The molecule has 0 aromatic carbocycles. The highest BCUT2D eigenvalue weighted by molar-refractivity contribution is 8.03. The van der Waals surface area contributed by atoms with Crippen molar-refractivity contribution in [1.82, 2.24) is 20.4 Å². The van der Waals surface area contributed by atoms with E-state index >= 15 is 0 Å². The first-order valence-corrected chi connectivity index (χ1v) is 13.0. The van der Waals surface area contributed by atoms with Gasteiger partial charge < -0.3 is 36.4 Å². The molecule has 0 saturated carbocycles. The Bertz CT molecular complexity index is 933. The fourth-order valence-corrected chi connectivity index (χ4v) is 7.37. The van der Waals surface area contributed by atoms with Gasteiger partial charge in [-0.2, -0.15) is 0 Å². The second kappa shape index (κ2) is 10.2. The molecular formula is C23H35N5O6S. The zero-order chi connectivity index (χ0) is 25.6. The number of carboxylic acids is 1. The first-order valence-electron chi connectivity index (χ1n) is 12.1. The second-order valence-corrected chi connectivity index (χ2v) is 11.5. The van der Waals surface area contributed by atoms with Crippen LogP contribution in [0.5, 0.6) is 0 Å². The SMILES string of the molecule is CNCC(=O)C[C@H](C)[C@H]1C(=O)N2C(C(=O)O)=C(S[C@@H]3CN[C@H](C(=O)N4C[C@@H](N)[C@H](O)C4)C3)[C@H](C)[C@H]12. The average Bonchev–Trinajstić information content (AvgIpc) is 3.45. The minimum atomic E-state index is -1.13. The topological polar surface area (TPSA) is 165 Å². The summed E-state index contributed by atoms with van der Waals surface area (Å²) >= 11 is 1.43. The van der Waals surface area contributed by atoms with Crippen LogP contribution in [0.4, 0.5) is 0 Å². The van der Waals surface area contributed by atoms with Gasteiger partial charge in [0.05, 0.1) is 30.7 Å². The van der Waals surface area contributed by atoms with Gasteiger partial charge in [-0.05, 0) is 19.4 Å². The third-order valence-corrected chi connectivity index (χ3v) is 9.17. The maximum Gasteiger partial charge on any atom is 0.353 e. The molecule has 2 amide bonds. The first-order chi connectivity index (χ1) is 16.5. The number of β-amino-alcohol motifs (C(OH)–C–C–N with tert-alkyl or cyclic N) is 1. The lowest BCUT2D eigenvalue weighted by Gasteiger charge is -2.47. The first kappa shape index (κ1) is 26.1. The summed E-state index contributed by atoms with van der Waals surface area (Å²) in [5, 5.41) is 25.8. The number of hydrogen-bond acceptors (Lipinski definition) is 9. The number of fused-ring (bicyclic) bond motifs is 1. The van der Waals surface area contributed by atoms with Gasteiger partial charge >= 0.3 is 5.97 Å². The molecule has 0 aliphatic carbocycles. The molecule has 35 heavy (non-hydrogen) atoms. The van der Waals surface area contributed by atoms with E-state index in [2.05, 4.69) is 10.6 Å². The number of carbonyl (C=O) groups is 4. The van der Waals surface area contributed by atoms with Crippen LogP contribution in [0.1, 0.15) is 26.7 Å². The van der Waals surface area contributed by atoms with Crippen molar-refractivity contribution in [2.24, 2.45) is 23.5 Å². The van der Waals surface area contributed by atoms with Crippen LogP contribution >= 0.6 is 11.8 Å². The maximum absolute atomic E-state index is 13.0. The minimum absolute atomic E-state index is 0.0251. The molecule has 3 fully saturated rings. The lowest BCUT2D eigenvalue weighted by molar-refractivity contribution is -0.160. The standard InChI is InChI=1S/C23H35N5O6S/c1-10(4-12(29)6-25-3)17-18-11(2)20(19(23(33)34)28(18)22(17)32)35-13-5-15(26-7-13)21(31)27-8-14(24)16(30)9-27/h10-11,13-18,25-26,30H,4-9,24H2,1-3H3,(H,33,34)/t10-,11+,13-,14+,15-,16+,17+,18+/m0/s1. The van der Waals surface area contributed by atoms with Crippen LogP contribution in [0.3, 0.4) is 0 Å². The molecule has 0 radical (unpaired) electrons. The van der Waals surface area contributed by atoms with Crippen molar-refractivity contribution in [3.05, 3.63) is 10.6 Å². The Morgan fingerprint density at radius 2 is 2.03 bits per heavy atom. The number of hydrogen-bond donors (Lipinski definition) is 5. The molecule has 3 saturated heterocycles. The number of nitrogens with two attached hydrogens (primary N) is 1. The number of aliphatic hydroxyl groups is 1. The van der Waals surface area contributed by atoms with Crippen molar-refractivity contribution in [1.29, 1.82) is 0 Å². The lowest BCUT2D eigenvalue weighted by Crippen LogP contribution is -2.62. The Morgan fingerprint density at radius 3 is 2.63 bits per heavy atom. The maximum atomic E-state index is 13.0. The molecule has 12 heteroatoms. The Kier molecular flexibility index (Phi) is 7.58. The third-order valence-electron chi connectivity index (χ3n) is 7.65. The molecule has 0 unspecified atom stereocenters.